The molecule has 2 heterocycles. The minimum atomic E-state index is -0.000545. The van der Waals surface area contributed by atoms with Crippen LogP contribution in [0.15, 0.2) is 24.3 Å². The number of hydrogen-bond acceptors (Lipinski definition) is 3. The van der Waals surface area contributed by atoms with Gasteiger partial charge in [-0.15, -0.1) is 12.4 Å². The number of fused-ring (bicyclic) bond motifs is 1. The largest absolute Gasteiger partial charge is 0.349 e. The zero-order chi connectivity index (χ0) is 18.8. The molecule has 3 aliphatic rings. The number of hydrogen-bond donors (Lipinski definition) is 2. The molecular formula is C22H32ClN3O2. The first-order chi connectivity index (χ1) is 13.1. The van der Waals surface area contributed by atoms with E-state index in [0.717, 1.165) is 43.5 Å². The van der Waals surface area contributed by atoms with Gasteiger partial charge >= 0.3 is 0 Å². The van der Waals surface area contributed by atoms with Crippen molar-refractivity contribution in [2.75, 3.05) is 13.1 Å². The molecule has 3 atom stereocenters. The molecule has 0 bridgehead atoms. The van der Waals surface area contributed by atoms with Crippen LogP contribution in [0.2, 0.25) is 0 Å². The molecule has 5 nitrogen and oxygen atoms in total. The van der Waals surface area contributed by atoms with Crippen molar-refractivity contribution < 1.29 is 9.59 Å². The van der Waals surface area contributed by atoms with E-state index in [1.807, 2.05) is 36.1 Å². The Morgan fingerprint density at radius 1 is 1.07 bits per heavy atom. The summed E-state index contributed by atoms with van der Waals surface area (Å²) in [7, 11) is 0. The van der Waals surface area contributed by atoms with E-state index in [4.69, 9.17) is 0 Å². The fourth-order valence-electron chi connectivity index (χ4n) is 5.07. The minimum Gasteiger partial charge on any atom is -0.349 e. The van der Waals surface area contributed by atoms with Crippen LogP contribution in [0.5, 0.6) is 0 Å². The van der Waals surface area contributed by atoms with E-state index in [1.54, 1.807) is 0 Å². The molecule has 4 rings (SSSR count). The number of aryl methyl sites for hydroxylation is 1. The fourth-order valence-corrected chi connectivity index (χ4v) is 5.07. The average molecular weight is 406 g/mol. The number of carbonyl (C=O) groups excluding carboxylic acids is 2. The number of rotatable bonds is 3. The van der Waals surface area contributed by atoms with Crippen LogP contribution in [0.1, 0.15) is 60.9 Å². The van der Waals surface area contributed by atoms with Crippen LogP contribution in [0.4, 0.5) is 0 Å². The average Bonchev–Trinajstić information content (AvgIpc) is 3.12. The van der Waals surface area contributed by atoms with Crippen LogP contribution in [0.25, 0.3) is 0 Å². The van der Waals surface area contributed by atoms with Crippen molar-refractivity contribution in [3.63, 3.8) is 0 Å². The van der Waals surface area contributed by atoms with E-state index in [1.165, 1.54) is 25.7 Å². The van der Waals surface area contributed by atoms with Crippen molar-refractivity contribution in [3.8, 4) is 0 Å². The van der Waals surface area contributed by atoms with Crippen LogP contribution < -0.4 is 10.6 Å². The highest BCUT2D eigenvalue weighted by Crippen LogP contribution is 2.34. The third-order valence-corrected chi connectivity index (χ3v) is 6.69. The topological polar surface area (TPSA) is 61.4 Å². The lowest BCUT2D eigenvalue weighted by Gasteiger charge is -2.34. The Bertz CT molecular complexity index is 689. The van der Waals surface area contributed by atoms with Crippen LogP contribution >= 0.6 is 12.4 Å². The number of likely N-dealkylation sites (tertiary alicyclic amines) is 1. The number of carbonyl (C=O) groups is 2. The molecule has 2 amide bonds. The van der Waals surface area contributed by atoms with Crippen molar-refractivity contribution in [2.45, 2.75) is 70.0 Å². The molecule has 1 aliphatic carbocycles. The Labute approximate surface area is 174 Å². The lowest BCUT2D eigenvalue weighted by molar-refractivity contribution is -0.134. The molecule has 0 aromatic heterocycles. The number of piperidine rings is 1. The number of benzene rings is 1. The Morgan fingerprint density at radius 2 is 1.79 bits per heavy atom. The first kappa shape index (κ1) is 21.1. The molecule has 1 aromatic carbocycles. The van der Waals surface area contributed by atoms with E-state index in [0.29, 0.717) is 12.0 Å². The van der Waals surface area contributed by atoms with Gasteiger partial charge in [-0.05, 0) is 56.6 Å². The predicted molar refractivity (Wildman–Crippen MR) is 113 cm³/mol. The summed E-state index contributed by atoms with van der Waals surface area (Å²) in [5.41, 5.74) is 1.74. The molecule has 1 aromatic rings. The first-order valence-electron chi connectivity index (χ1n) is 10.5. The molecule has 3 fully saturated rings. The van der Waals surface area contributed by atoms with Crippen molar-refractivity contribution in [3.05, 3.63) is 35.4 Å². The van der Waals surface area contributed by atoms with Crippen molar-refractivity contribution in [1.29, 1.82) is 0 Å². The zero-order valence-electron chi connectivity index (χ0n) is 16.7. The number of halogens is 1. The van der Waals surface area contributed by atoms with Gasteiger partial charge in [-0.25, -0.2) is 0 Å². The summed E-state index contributed by atoms with van der Waals surface area (Å²) >= 11 is 0. The maximum absolute atomic E-state index is 12.9. The molecular weight excluding hydrogens is 374 g/mol. The van der Waals surface area contributed by atoms with Crippen molar-refractivity contribution in [2.24, 2.45) is 5.92 Å². The van der Waals surface area contributed by atoms with Gasteiger partial charge in [-0.3, -0.25) is 9.59 Å². The standard InChI is InChI=1S/C22H31N3O2.ClH/c1-15-6-2-4-8-18(15)21(26)23-17-10-12-25(13-11-17)22(27)20-14-16-7-3-5-9-19(16)24-20;/h2,4,6,8,16-17,19-20,24H,3,5,7,9-14H2,1H3,(H,23,26);1H. The lowest BCUT2D eigenvalue weighted by Crippen LogP contribution is -2.51. The third-order valence-electron chi connectivity index (χ3n) is 6.69. The van der Waals surface area contributed by atoms with Crippen LogP contribution in [-0.4, -0.2) is 47.9 Å². The Kier molecular flexibility index (Phi) is 7.00. The maximum Gasteiger partial charge on any atom is 0.251 e. The second-order valence-corrected chi connectivity index (χ2v) is 8.49. The van der Waals surface area contributed by atoms with E-state index in [9.17, 15) is 9.59 Å². The Hall–Kier alpha value is -1.59. The molecule has 2 aliphatic heterocycles. The molecule has 2 saturated heterocycles. The molecule has 1 saturated carbocycles. The van der Waals surface area contributed by atoms with Gasteiger partial charge in [0.25, 0.3) is 5.91 Å². The molecule has 0 radical (unpaired) electrons. The van der Waals surface area contributed by atoms with Crippen molar-refractivity contribution >= 4 is 24.2 Å². The summed E-state index contributed by atoms with van der Waals surface area (Å²) in [6.07, 6.45) is 7.78. The highest BCUT2D eigenvalue weighted by atomic mass is 35.5. The van der Waals surface area contributed by atoms with Gasteiger partial charge in [0.15, 0.2) is 0 Å². The summed E-state index contributed by atoms with van der Waals surface area (Å²) in [6, 6.07) is 8.39. The molecule has 6 heteroatoms. The van der Waals surface area contributed by atoms with Gasteiger partial charge < -0.3 is 15.5 Å². The first-order valence-corrected chi connectivity index (χ1v) is 10.5. The lowest BCUT2D eigenvalue weighted by atomic mass is 9.85. The number of nitrogens with one attached hydrogen (secondary N) is 2. The van der Waals surface area contributed by atoms with Gasteiger partial charge in [0, 0.05) is 30.7 Å². The fraction of sp³-hybridized carbons (Fsp3) is 0.636. The van der Waals surface area contributed by atoms with Gasteiger partial charge in [0.05, 0.1) is 6.04 Å². The van der Waals surface area contributed by atoms with Crippen LogP contribution in [-0.2, 0) is 4.79 Å². The minimum absolute atomic E-state index is 0. The van der Waals surface area contributed by atoms with E-state index >= 15 is 0 Å². The van der Waals surface area contributed by atoms with Gasteiger partial charge in [-0.2, -0.15) is 0 Å². The van der Waals surface area contributed by atoms with Gasteiger partial charge in [0.2, 0.25) is 5.91 Å². The molecule has 154 valence electrons. The second-order valence-electron chi connectivity index (χ2n) is 8.49. The summed E-state index contributed by atoms with van der Waals surface area (Å²) in [6.45, 7) is 3.44. The molecule has 28 heavy (non-hydrogen) atoms. The Balaban J connectivity index is 0.00000225. The van der Waals surface area contributed by atoms with Gasteiger partial charge in [-0.1, -0.05) is 31.0 Å². The summed E-state index contributed by atoms with van der Waals surface area (Å²) in [5.74, 6) is 0.964. The maximum atomic E-state index is 12.9. The molecule has 2 N–H and O–H groups in total. The van der Waals surface area contributed by atoms with Crippen molar-refractivity contribution in [1.82, 2.24) is 15.5 Å². The van der Waals surface area contributed by atoms with E-state index < -0.39 is 0 Å². The third kappa shape index (κ3) is 4.52. The Morgan fingerprint density at radius 3 is 2.50 bits per heavy atom. The highest BCUT2D eigenvalue weighted by Gasteiger charge is 2.40. The monoisotopic (exact) mass is 405 g/mol. The van der Waals surface area contributed by atoms with E-state index in [-0.39, 0.29) is 36.3 Å². The number of amides is 2. The summed E-state index contributed by atoms with van der Waals surface area (Å²) in [4.78, 5) is 27.4. The highest BCUT2D eigenvalue weighted by molar-refractivity contribution is 5.95. The summed E-state index contributed by atoms with van der Waals surface area (Å²) < 4.78 is 0. The zero-order valence-corrected chi connectivity index (χ0v) is 17.5. The van der Waals surface area contributed by atoms with Crippen LogP contribution in [0.3, 0.4) is 0 Å². The molecule has 3 unspecified atom stereocenters. The van der Waals surface area contributed by atoms with Crippen LogP contribution in [0, 0.1) is 12.8 Å². The normalized spacial score (nSPS) is 27.6. The molecule has 0 spiro atoms. The summed E-state index contributed by atoms with van der Waals surface area (Å²) in [5, 5.41) is 6.75. The SMILES string of the molecule is Cc1ccccc1C(=O)NC1CCN(C(=O)C2CC3CCCCC3N2)CC1.Cl. The number of nitrogens with zero attached hydrogens (tertiary/aromatic N) is 1. The predicted octanol–water partition coefficient (Wildman–Crippen LogP) is 3.06. The van der Waals surface area contributed by atoms with Gasteiger partial charge in [0.1, 0.15) is 0 Å². The quantitative estimate of drug-likeness (QED) is 0.812. The van der Waals surface area contributed by atoms with E-state index in [2.05, 4.69) is 10.6 Å². The smallest absolute Gasteiger partial charge is 0.251 e. The second kappa shape index (κ2) is 9.27.